The van der Waals surface area contributed by atoms with Gasteiger partial charge in [0.1, 0.15) is 6.61 Å². The summed E-state index contributed by atoms with van der Waals surface area (Å²) in [7, 11) is 0. The monoisotopic (exact) mass is 386 g/mol. The zero-order chi connectivity index (χ0) is 20.6. The van der Waals surface area contributed by atoms with Gasteiger partial charge in [-0.1, -0.05) is 73.3 Å². The molecule has 0 aromatic heterocycles. The molecular weight excluding hydrogens is 360 g/mol. The Bertz CT molecular complexity index is 973. The lowest BCUT2D eigenvalue weighted by atomic mass is 9.94. The Morgan fingerprint density at radius 3 is 2.28 bits per heavy atom. The van der Waals surface area contributed by atoms with Crippen LogP contribution in [0.2, 0.25) is 0 Å². The number of benzene rings is 3. The molecule has 0 fully saturated rings. The zero-order valence-corrected chi connectivity index (χ0v) is 16.7. The molecule has 3 rings (SSSR count). The lowest BCUT2D eigenvalue weighted by Gasteiger charge is -2.14. The van der Waals surface area contributed by atoms with Gasteiger partial charge in [0.05, 0.1) is 0 Å². The van der Waals surface area contributed by atoms with E-state index >= 15 is 0 Å². The van der Waals surface area contributed by atoms with Crippen molar-refractivity contribution in [2.75, 3.05) is 6.61 Å². The van der Waals surface area contributed by atoms with E-state index in [4.69, 9.17) is 9.84 Å². The van der Waals surface area contributed by atoms with Crippen LogP contribution >= 0.6 is 0 Å². The van der Waals surface area contributed by atoms with Crippen LogP contribution in [0.3, 0.4) is 0 Å². The zero-order valence-electron chi connectivity index (χ0n) is 16.7. The van der Waals surface area contributed by atoms with Crippen LogP contribution in [0.25, 0.3) is 22.3 Å². The summed E-state index contributed by atoms with van der Waals surface area (Å²) < 4.78 is 5.45. The van der Waals surface area contributed by atoms with Gasteiger partial charge in [-0.2, -0.15) is 0 Å². The van der Waals surface area contributed by atoms with Gasteiger partial charge in [0.15, 0.2) is 0 Å². The topological polar surface area (TPSA) is 46.5 Å². The maximum atomic E-state index is 11.9. The van der Waals surface area contributed by atoms with Crippen molar-refractivity contribution in [1.29, 1.82) is 0 Å². The highest BCUT2D eigenvalue weighted by molar-refractivity contribution is 5.87. The minimum atomic E-state index is -0.389. The summed E-state index contributed by atoms with van der Waals surface area (Å²) in [5.41, 5.74) is 6.83. The summed E-state index contributed by atoms with van der Waals surface area (Å²) in [6.07, 6.45) is 1.61. The number of aryl methyl sites for hydroxylation is 1. The molecule has 3 nitrogen and oxygen atoms in total. The van der Waals surface area contributed by atoms with E-state index in [9.17, 15) is 4.79 Å². The Labute approximate surface area is 172 Å². The minimum absolute atomic E-state index is 0.188. The van der Waals surface area contributed by atoms with Crippen molar-refractivity contribution in [1.82, 2.24) is 0 Å². The van der Waals surface area contributed by atoms with Crippen LogP contribution in [0.4, 0.5) is 0 Å². The first kappa shape index (κ1) is 20.6. The fourth-order valence-electron chi connectivity index (χ4n) is 3.21. The Morgan fingerprint density at radius 2 is 1.62 bits per heavy atom. The Kier molecular flexibility index (Phi) is 6.99. The smallest absolute Gasteiger partial charge is 0.333 e. The number of ether oxygens (including phenoxy) is 1. The van der Waals surface area contributed by atoms with E-state index in [-0.39, 0.29) is 19.2 Å². The molecule has 0 aliphatic heterocycles. The van der Waals surface area contributed by atoms with Gasteiger partial charge in [-0.15, -0.1) is 0 Å². The summed E-state index contributed by atoms with van der Waals surface area (Å²) in [5.74, 6) is -0.389. The maximum Gasteiger partial charge on any atom is 0.333 e. The molecule has 0 spiro atoms. The van der Waals surface area contributed by atoms with Gasteiger partial charge in [-0.05, 0) is 59.2 Å². The lowest BCUT2D eigenvalue weighted by molar-refractivity contribution is -0.140. The van der Waals surface area contributed by atoms with Crippen molar-refractivity contribution >= 4 is 5.97 Å². The quantitative estimate of drug-likeness (QED) is 0.407. The number of aliphatic hydroxyl groups is 1. The summed E-state index contributed by atoms with van der Waals surface area (Å²) in [5, 5.41) is 9.01. The minimum Gasteiger partial charge on any atom is -0.457 e. The first-order valence-electron chi connectivity index (χ1n) is 9.79. The maximum absolute atomic E-state index is 11.9. The molecule has 3 heteroatoms. The lowest BCUT2D eigenvalue weighted by Crippen LogP contribution is -2.06. The third kappa shape index (κ3) is 5.43. The van der Waals surface area contributed by atoms with Crippen LogP contribution < -0.4 is 0 Å². The van der Waals surface area contributed by atoms with Crippen LogP contribution in [-0.4, -0.2) is 17.7 Å². The first-order valence-corrected chi connectivity index (χ1v) is 9.79. The fourth-order valence-corrected chi connectivity index (χ4v) is 3.21. The summed E-state index contributed by atoms with van der Waals surface area (Å²) >= 11 is 0. The molecule has 3 aromatic carbocycles. The van der Waals surface area contributed by atoms with E-state index in [0.29, 0.717) is 5.57 Å². The number of carbonyl (C=O) groups excluding carboxylic acids is 1. The Hall–Kier alpha value is -3.17. The van der Waals surface area contributed by atoms with Crippen LogP contribution in [-0.2, 0) is 22.6 Å². The molecule has 0 radical (unpaired) electrons. The predicted molar refractivity (Wildman–Crippen MR) is 117 cm³/mol. The molecule has 0 aliphatic carbocycles. The average molecular weight is 386 g/mol. The van der Waals surface area contributed by atoms with Gasteiger partial charge in [0.2, 0.25) is 0 Å². The van der Waals surface area contributed by atoms with E-state index in [1.165, 1.54) is 5.56 Å². The third-order valence-electron chi connectivity index (χ3n) is 4.81. The van der Waals surface area contributed by atoms with Gasteiger partial charge in [-0.3, -0.25) is 0 Å². The van der Waals surface area contributed by atoms with Crippen molar-refractivity contribution in [3.63, 3.8) is 0 Å². The molecule has 0 aliphatic rings. The number of hydrogen-bond acceptors (Lipinski definition) is 3. The van der Waals surface area contributed by atoms with Crippen molar-refractivity contribution in [2.45, 2.75) is 26.4 Å². The van der Waals surface area contributed by atoms with E-state index in [1.807, 2.05) is 18.2 Å². The van der Waals surface area contributed by atoms with E-state index in [1.54, 1.807) is 6.92 Å². The van der Waals surface area contributed by atoms with Crippen molar-refractivity contribution < 1.29 is 14.6 Å². The molecule has 0 amide bonds. The van der Waals surface area contributed by atoms with Crippen LogP contribution in [0.15, 0.2) is 84.9 Å². The first-order chi connectivity index (χ1) is 14.1. The van der Waals surface area contributed by atoms with Gasteiger partial charge >= 0.3 is 5.97 Å². The Balaban J connectivity index is 1.94. The number of esters is 1. The van der Waals surface area contributed by atoms with Crippen LogP contribution in [0.5, 0.6) is 0 Å². The van der Waals surface area contributed by atoms with Gasteiger partial charge in [-0.25, -0.2) is 4.79 Å². The molecule has 0 atom stereocenters. The number of hydrogen-bond donors (Lipinski definition) is 1. The number of carbonyl (C=O) groups is 1. The molecule has 0 saturated carbocycles. The molecule has 0 unspecified atom stereocenters. The van der Waals surface area contributed by atoms with Crippen molar-refractivity contribution in [2.24, 2.45) is 0 Å². The molecular formula is C26H26O3. The highest BCUT2D eigenvalue weighted by atomic mass is 16.5. The highest BCUT2D eigenvalue weighted by Crippen LogP contribution is 2.30. The summed E-state index contributed by atoms with van der Waals surface area (Å²) in [6.45, 7) is 5.69. The number of aliphatic hydroxyl groups excluding tert-OH is 1. The molecule has 3 aromatic rings. The molecule has 0 bridgehead atoms. The standard InChI is InChI=1S/C26H26O3/c1-19(2)26(28)29-18-24-17-23(21-8-4-3-5-9-21)14-15-25(24)22-12-10-20(11-13-22)7-6-16-27/h3-5,8-15,17,27H,1,6-7,16,18H2,2H3. The second-order valence-electron chi connectivity index (χ2n) is 7.12. The molecule has 0 saturated heterocycles. The average Bonchev–Trinajstić information content (AvgIpc) is 2.76. The van der Waals surface area contributed by atoms with Crippen LogP contribution in [0, 0.1) is 0 Å². The largest absolute Gasteiger partial charge is 0.457 e. The summed E-state index contributed by atoms with van der Waals surface area (Å²) in [4.78, 5) is 11.9. The second-order valence-corrected chi connectivity index (χ2v) is 7.12. The SMILES string of the molecule is C=C(C)C(=O)OCc1cc(-c2ccccc2)ccc1-c1ccc(CCCO)cc1. The summed E-state index contributed by atoms with van der Waals surface area (Å²) in [6, 6.07) is 24.7. The fraction of sp³-hybridized carbons (Fsp3) is 0.192. The normalized spacial score (nSPS) is 10.6. The van der Waals surface area contributed by atoms with Crippen LogP contribution in [0.1, 0.15) is 24.5 Å². The highest BCUT2D eigenvalue weighted by Gasteiger charge is 2.11. The van der Waals surface area contributed by atoms with E-state index in [2.05, 4.69) is 61.2 Å². The number of rotatable bonds is 8. The van der Waals surface area contributed by atoms with E-state index in [0.717, 1.165) is 40.7 Å². The van der Waals surface area contributed by atoms with E-state index < -0.39 is 0 Å². The molecule has 148 valence electrons. The molecule has 0 heterocycles. The van der Waals surface area contributed by atoms with Gasteiger partial charge < -0.3 is 9.84 Å². The molecule has 29 heavy (non-hydrogen) atoms. The van der Waals surface area contributed by atoms with Gasteiger partial charge in [0, 0.05) is 12.2 Å². The third-order valence-corrected chi connectivity index (χ3v) is 4.81. The van der Waals surface area contributed by atoms with Crippen molar-refractivity contribution in [3.05, 3.63) is 96.1 Å². The predicted octanol–water partition coefficient (Wildman–Crippen LogP) is 5.56. The van der Waals surface area contributed by atoms with Gasteiger partial charge in [0.25, 0.3) is 0 Å². The molecule has 1 N–H and O–H groups in total. The Morgan fingerprint density at radius 1 is 0.931 bits per heavy atom. The second kappa shape index (κ2) is 9.85. The van der Waals surface area contributed by atoms with Crippen molar-refractivity contribution in [3.8, 4) is 22.3 Å².